The molecule has 0 radical (unpaired) electrons. The van der Waals surface area contributed by atoms with Crippen LogP contribution in [0.1, 0.15) is 95.4 Å². The van der Waals surface area contributed by atoms with E-state index < -0.39 is 108 Å². The van der Waals surface area contributed by atoms with E-state index >= 15 is 0 Å². The van der Waals surface area contributed by atoms with Crippen molar-refractivity contribution in [1.29, 1.82) is 5.53 Å². The fourth-order valence-electron chi connectivity index (χ4n) is 5.02. The molecular formula is C37H69N11O10. The van der Waals surface area contributed by atoms with Gasteiger partial charge in [-0.1, -0.05) is 74.8 Å². The maximum absolute atomic E-state index is 13.0. The minimum absolute atomic E-state index is 0.0345. The minimum Gasteiger partial charge on any atom is -0.480 e. The lowest BCUT2D eigenvalue weighted by Gasteiger charge is -2.29. The number of aliphatic hydroxyl groups excluding tert-OH is 1. The molecule has 0 unspecified atom stereocenters. The SMILES string of the molecule is C=C(N=N)N[C@H](C(=O)C(=O)CNC(=O)[C@H](C)NC(=O)[C@H](C)N)[C@@H](C)CC.CC[C@H](C)[C@H](NN)C(=O)N[C@@H](CC(C)C)C(=O)N[C@H](C(=O)N[C@H](C(=O)O)C(C)C)[C@@H](C)O. The molecule has 0 heterocycles. The van der Waals surface area contributed by atoms with Gasteiger partial charge < -0.3 is 47.8 Å². The standard InChI is InChI=1S/C21H41N5O6.C16H28N6O4/c1-8-12(6)16(26-22)19(29)23-14(9-10(2)3)18(28)25-17(13(7)27)20(30)24-15(11(4)5)21(31)32;1-6-8(2)13(21-11(5)22-18)14(24)12(23)7-19-16(26)10(4)20-15(25)9(3)17/h10-17,26-27H,8-9,22H2,1-7H3,(H,23,29)(H,24,30)(H,25,28)(H,31,32);8-10,13,18,21H,5-7,17H2,1-4H3,(H,19,26)(H,20,25)/t12-,13+,14-,15-,16-,17-;8-,9-,10-,13-/m00/s1. The first-order chi connectivity index (χ1) is 26.8. The molecule has 0 aliphatic carbocycles. The molecule has 0 aromatic rings. The van der Waals surface area contributed by atoms with Crippen LogP contribution in [0.15, 0.2) is 17.5 Å². The van der Waals surface area contributed by atoms with Crippen LogP contribution in [0.2, 0.25) is 0 Å². The quantitative estimate of drug-likeness (QED) is 0.0217. The fourth-order valence-corrected chi connectivity index (χ4v) is 5.02. The van der Waals surface area contributed by atoms with Crippen LogP contribution >= 0.6 is 0 Å². The fraction of sp³-hybridized carbons (Fsp3) is 0.730. The van der Waals surface area contributed by atoms with E-state index in [1.54, 1.807) is 20.8 Å². The number of aliphatic hydroxyl groups is 1. The third kappa shape index (κ3) is 20.0. The van der Waals surface area contributed by atoms with Crippen LogP contribution in [-0.2, 0) is 38.4 Å². The van der Waals surface area contributed by atoms with Crippen molar-refractivity contribution in [3.63, 3.8) is 0 Å². The summed E-state index contributed by atoms with van der Waals surface area (Å²) in [6, 6.07) is -6.82. The van der Waals surface area contributed by atoms with Crippen LogP contribution in [0.3, 0.4) is 0 Å². The number of hydrazine groups is 1. The van der Waals surface area contributed by atoms with Gasteiger partial charge in [0.2, 0.25) is 41.1 Å². The van der Waals surface area contributed by atoms with Gasteiger partial charge >= 0.3 is 5.97 Å². The van der Waals surface area contributed by atoms with Crippen LogP contribution in [0.4, 0.5) is 0 Å². The molecule has 332 valence electrons. The van der Waals surface area contributed by atoms with Crippen molar-refractivity contribution in [1.82, 2.24) is 37.3 Å². The minimum atomic E-state index is -1.40. The lowest BCUT2D eigenvalue weighted by atomic mass is 9.93. The number of Topliss-reactive ketones (excluding diaryl/α,β-unsaturated/α-hetero) is 2. The zero-order valence-corrected chi connectivity index (χ0v) is 35.7. The number of carboxylic acids is 1. The second-order valence-corrected chi connectivity index (χ2v) is 15.1. The number of hydrogen-bond donors (Lipinski definition) is 12. The molecule has 0 aliphatic rings. The summed E-state index contributed by atoms with van der Waals surface area (Å²) in [6.07, 6.45) is 0.283. The zero-order valence-electron chi connectivity index (χ0n) is 35.7. The van der Waals surface area contributed by atoms with E-state index in [4.69, 9.17) is 17.1 Å². The Morgan fingerprint density at radius 2 is 1.19 bits per heavy atom. The van der Waals surface area contributed by atoms with Crippen molar-refractivity contribution >= 4 is 47.1 Å². The molecular weight excluding hydrogens is 758 g/mol. The molecule has 0 spiro atoms. The highest BCUT2D eigenvalue weighted by Gasteiger charge is 2.35. The van der Waals surface area contributed by atoms with Gasteiger partial charge in [-0.15, -0.1) is 5.11 Å². The number of nitrogens with zero attached hydrogens (tertiary/aromatic N) is 1. The number of hydrogen-bond acceptors (Lipinski definition) is 15. The van der Waals surface area contributed by atoms with Gasteiger partial charge in [0.15, 0.2) is 0 Å². The lowest BCUT2D eigenvalue weighted by Crippen LogP contribution is -2.61. The molecule has 0 fully saturated rings. The summed E-state index contributed by atoms with van der Waals surface area (Å²) < 4.78 is 0. The third-order valence-electron chi connectivity index (χ3n) is 9.12. The maximum Gasteiger partial charge on any atom is 0.326 e. The number of carboxylic acid groups (broad SMARTS) is 1. The molecule has 5 amide bonds. The summed E-state index contributed by atoms with van der Waals surface area (Å²) in [4.78, 5) is 97.5. The molecule has 0 aliphatic heterocycles. The number of amides is 5. The summed E-state index contributed by atoms with van der Waals surface area (Å²) in [5, 5.41) is 37.3. The van der Waals surface area contributed by atoms with Gasteiger partial charge in [0.25, 0.3) is 0 Å². The Labute approximate surface area is 341 Å². The lowest BCUT2D eigenvalue weighted by molar-refractivity contribution is -0.144. The second kappa shape index (κ2) is 27.7. The van der Waals surface area contributed by atoms with Crippen molar-refractivity contribution in [3.8, 4) is 0 Å². The first-order valence-electron chi connectivity index (χ1n) is 19.3. The maximum atomic E-state index is 13.0. The van der Waals surface area contributed by atoms with Gasteiger partial charge in [0.1, 0.15) is 36.0 Å². The molecule has 14 N–H and O–H groups in total. The molecule has 10 atom stereocenters. The Kier molecular flexibility index (Phi) is 26.4. The van der Waals surface area contributed by atoms with Crippen LogP contribution in [-0.4, -0.2) is 112 Å². The molecule has 0 bridgehead atoms. The smallest absolute Gasteiger partial charge is 0.326 e. The van der Waals surface area contributed by atoms with Crippen molar-refractivity contribution in [2.75, 3.05) is 6.54 Å². The average Bonchev–Trinajstić information content (AvgIpc) is 3.15. The molecule has 21 nitrogen and oxygen atoms in total. The van der Waals surface area contributed by atoms with Gasteiger partial charge in [-0.25, -0.2) is 15.8 Å². The second-order valence-electron chi connectivity index (χ2n) is 15.1. The first kappa shape index (κ1) is 55.2. The van der Waals surface area contributed by atoms with Crippen molar-refractivity contribution < 1.29 is 48.6 Å². The van der Waals surface area contributed by atoms with Gasteiger partial charge in [0.05, 0.1) is 24.7 Å². The molecule has 0 aromatic heterocycles. The Morgan fingerprint density at radius 3 is 1.60 bits per heavy atom. The summed E-state index contributed by atoms with van der Waals surface area (Å²) in [7, 11) is 0. The number of ketones is 2. The van der Waals surface area contributed by atoms with Crippen LogP contribution in [0, 0.1) is 29.2 Å². The molecule has 58 heavy (non-hydrogen) atoms. The predicted molar refractivity (Wildman–Crippen MR) is 215 cm³/mol. The number of carbonyl (C=O) groups excluding carboxylic acids is 7. The highest BCUT2D eigenvalue weighted by Crippen LogP contribution is 2.12. The number of nitrogens with two attached hydrogens (primary N) is 2. The highest BCUT2D eigenvalue weighted by atomic mass is 16.4. The van der Waals surface area contributed by atoms with E-state index in [0.29, 0.717) is 12.8 Å². The average molecular weight is 828 g/mol. The van der Waals surface area contributed by atoms with Gasteiger partial charge in [-0.3, -0.25) is 39.4 Å². The van der Waals surface area contributed by atoms with Crippen molar-refractivity contribution in [2.24, 2.45) is 40.4 Å². The third-order valence-corrected chi connectivity index (χ3v) is 9.12. The van der Waals surface area contributed by atoms with Gasteiger partial charge in [-0.2, -0.15) is 0 Å². The molecule has 0 aromatic carbocycles. The Hall–Kier alpha value is -4.86. The van der Waals surface area contributed by atoms with E-state index in [-0.39, 0.29) is 30.0 Å². The highest BCUT2D eigenvalue weighted by molar-refractivity contribution is 6.40. The van der Waals surface area contributed by atoms with Crippen molar-refractivity contribution in [2.45, 2.75) is 144 Å². The van der Waals surface area contributed by atoms with E-state index in [1.165, 1.54) is 20.8 Å². The molecule has 21 heteroatoms. The summed E-state index contributed by atoms with van der Waals surface area (Å²) in [5.74, 6) is -1.00. The first-order valence-corrected chi connectivity index (χ1v) is 19.3. The molecule has 0 saturated carbocycles. The monoisotopic (exact) mass is 828 g/mol. The largest absolute Gasteiger partial charge is 0.480 e. The Balaban J connectivity index is 0. The number of rotatable bonds is 26. The summed E-state index contributed by atoms with van der Waals surface area (Å²) >= 11 is 0. The summed E-state index contributed by atoms with van der Waals surface area (Å²) in [6.45, 7) is 21.6. The van der Waals surface area contributed by atoms with Crippen LogP contribution in [0.5, 0.6) is 0 Å². The van der Waals surface area contributed by atoms with Crippen LogP contribution < -0.4 is 48.9 Å². The topological polar surface area (TPSA) is 349 Å². The van der Waals surface area contributed by atoms with E-state index in [9.17, 15) is 48.6 Å². The van der Waals surface area contributed by atoms with E-state index in [2.05, 4.69) is 49.0 Å². The Bertz CT molecular complexity index is 1420. The molecule has 0 rings (SSSR count). The zero-order chi connectivity index (χ0) is 45.6. The van der Waals surface area contributed by atoms with Gasteiger partial charge in [-0.05, 0) is 50.9 Å². The van der Waals surface area contributed by atoms with E-state index in [0.717, 1.165) is 0 Å². The molecule has 0 saturated heterocycles. The number of nitrogens with one attached hydrogen (secondary N) is 8. The normalized spacial score (nSPS) is 16.1. The predicted octanol–water partition coefficient (Wildman–Crippen LogP) is -0.915. The van der Waals surface area contributed by atoms with E-state index in [1.807, 2.05) is 34.6 Å². The number of carbonyl (C=O) groups is 8. The Morgan fingerprint density at radius 1 is 0.690 bits per heavy atom. The summed E-state index contributed by atoms with van der Waals surface area (Å²) in [5.41, 5.74) is 14.7. The van der Waals surface area contributed by atoms with Crippen molar-refractivity contribution in [3.05, 3.63) is 12.4 Å². The van der Waals surface area contributed by atoms with Crippen LogP contribution in [0.25, 0.3) is 0 Å². The number of aliphatic carboxylic acids is 1. The van der Waals surface area contributed by atoms with Gasteiger partial charge in [0, 0.05) is 0 Å².